The molecule has 0 amide bonds. The van der Waals surface area contributed by atoms with Gasteiger partial charge in [0.2, 0.25) is 5.88 Å². The zero-order chi connectivity index (χ0) is 27.2. The number of nitrogens with zero attached hydrogens (tertiary/aromatic N) is 2. The molecule has 202 valence electrons. The topological polar surface area (TPSA) is 84.2 Å². The molecule has 3 aromatic carbocycles. The minimum atomic E-state index is -0.477. The standard InChI is InChI=1S/C32H34N2O5/c1-23-19-30(35)34(31(23)36)29-15-6-5-14-28(29)32(37)39-22-24-9-8-16-33(21-24)17-18-38-27-13-7-12-26(20-27)25-10-3-2-4-11-25/h2-7,10-15,19-20,24,35-36H,8-9,16-18,21-22H2,1H3. The molecule has 0 saturated carbocycles. The molecule has 5 rings (SSSR count). The molecule has 1 fully saturated rings. The van der Waals surface area contributed by atoms with Crippen LogP contribution in [-0.4, -0.2) is 58.5 Å². The molecular formula is C32H34N2O5. The average molecular weight is 527 g/mol. The maximum Gasteiger partial charge on any atom is 0.340 e. The van der Waals surface area contributed by atoms with E-state index in [9.17, 15) is 15.0 Å². The third-order valence-electron chi connectivity index (χ3n) is 7.17. The van der Waals surface area contributed by atoms with Crippen LogP contribution in [0.2, 0.25) is 0 Å². The first-order valence-electron chi connectivity index (χ1n) is 13.4. The van der Waals surface area contributed by atoms with Gasteiger partial charge in [-0.05, 0) is 61.7 Å². The van der Waals surface area contributed by atoms with Gasteiger partial charge in [-0.1, -0.05) is 54.6 Å². The summed E-state index contributed by atoms with van der Waals surface area (Å²) in [4.78, 5) is 15.4. The Morgan fingerprint density at radius 2 is 1.72 bits per heavy atom. The number of piperidine rings is 1. The number of rotatable bonds is 9. The predicted molar refractivity (Wildman–Crippen MR) is 151 cm³/mol. The van der Waals surface area contributed by atoms with Crippen LogP contribution in [-0.2, 0) is 4.74 Å². The lowest BCUT2D eigenvalue weighted by molar-refractivity contribution is 0.0344. The molecule has 0 aliphatic carbocycles. The van der Waals surface area contributed by atoms with E-state index in [0.717, 1.165) is 49.4 Å². The number of aromatic hydroxyl groups is 2. The summed E-state index contributed by atoms with van der Waals surface area (Å²) in [6, 6.07) is 26.7. The summed E-state index contributed by atoms with van der Waals surface area (Å²) in [6.45, 7) is 5.21. The molecule has 1 unspecified atom stereocenters. The van der Waals surface area contributed by atoms with Gasteiger partial charge in [-0.15, -0.1) is 0 Å². The van der Waals surface area contributed by atoms with E-state index in [4.69, 9.17) is 9.47 Å². The number of para-hydroxylation sites is 1. The average Bonchev–Trinajstić information content (AvgIpc) is 3.23. The van der Waals surface area contributed by atoms with Gasteiger partial charge in [-0.25, -0.2) is 4.79 Å². The number of benzene rings is 3. The number of aromatic nitrogens is 1. The zero-order valence-electron chi connectivity index (χ0n) is 22.1. The predicted octanol–water partition coefficient (Wildman–Crippen LogP) is 5.81. The van der Waals surface area contributed by atoms with E-state index in [2.05, 4.69) is 29.2 Å². The Kier molecular flexibility index (Phi) is 8.18. The second-order valence-corrected chi connectivity index (χ2v) is 10.0. The lowest BCUT2D eigenvalue weighted by Gasteiger charge is -2.32. The van der Waals surface area contributed by atoms with Gasteiger partial charge in [0.1, 0.15) is 12.4 Å². The van der Waals surface area contributed by atoms with Crippen molar-refractivity contribution in [3.8, 4) is 34.3 Å². The van der Waals surface area contributed by atoms with Crippen molar-refractivity contribution in [1.82, 2.24) is 9.47 Å². The number of carbonyl (C=O) groups excluding carboxylic acids is 1. The number of hydrogen-bond acceptors (Lipinski definition) is 6. The molecule has 2 heterocycles. The Balaban J connectivity index is 1.13. The number of likely N-dealkylation sites (tertiary alicyclic amines) is 1. The molecule has 0 spiro atoms. The largest absolute Gasteiger partial charge is 0.494 e. The molecule has 39 heavy (non-hydrogen) atoms. The molecule has 4 aromatic rings. The van der Waals surface area contributed by atoms with Crippen LogP contribution < -0.4 is 4.74 Å². The Labute approximate surface area is 228 Å². The molecule has 1 atom stereocenters. The van der Waals surface area contributed by atoms with Crippen LogP contribution >= 0.6 is 0 Å². The summed E-state index contributed by atoms with van der Waals surface area (Å²) in [5.74, 6) is 0.362. The van der Waals surface area contributed by atoms with Crippen LogP contribution in [0, 0.1) is 12.8 Å². The zero-order valence-corrected chi connectivity index (χ0v) is 22.1. The molecule has 0 radical (unpaired) electrons. The lowest BCUT2D eigenvalue weighted by Crippen LogP contribution is -2.39. The summed E-state index contributed by atoms with van der Waals surface area (Å²) in [5, 5.41) is 20.7. The SMILES string of the molecule is Cc1cc(O)n(-c2ccccc2C(=O)OCC2CCCN(CCOc3cccc(-c4ccccc4)c3)C2)c1O. The smallest absolute Gasteiger partial charge is 0.340 e. The highest BCUT2D eigenvalue weighted by Gasteiger charge is 2.24. The molecule has 2 N–H and O–H groups in total. The van der Waals surface area contributed by atoms with Gasteiger partial charge >= 0.3 is 5.97 Å². The van der Waals surface area contributed by atoms with Crippen LogP contribution in [0.15, 0.2) is 84.9 Å². The van der Waals surface area contributed by atoms with Crippen molar-refractivity contribution in [3.05, 3.63) is 96.1 Å². The molecular weight excluding hydrogens is 492 g/mol. The minimum Gasteiger partial charge on any atom is -0.494 e. The van der Waals surface area contributed by atoms with Crippen LogP contribution in [0.25, 0.3) is 16.8 Å². The molecule has 1 saturated heterocycles. The molecule has 1 aliphatic rings. The molecule has 1 aromatic heterocycles. The third-order valence-corrected chi connectivity index (χ3v) is 7.17. The van der Waals surface area contributed by atoms with Crippen LogP contribution in [0.5, 0.6) is 17.5 Å². The Hall–Kier alpha value is -4.23. The van der Waals surface area contributed by atoms with Crippen molar-refractivity contribution < 1.29 is 24.5 Å². The summed E-state index contributed by atoms with van der Waals surface area (Å²) in [5.41, 5.74) is 3.48. The summed E-state index contributed by atoms with van der Waals surface area (Å²) >= 11 is 0. The monoisotopic (exact) mass is 526 g/mol. The van der Waals surface area contributed by atoms with Crippen LogP contribution in [0.1, 0.15) is 28.8 Å². The first-order chi connectivity index (χ1) is 19.0. The second-order valence-electron chi connectivity index (χ2n) is 10.0. The third kappa shape index (κ3) is 6.26. The summed E-state index contributed by atoms with van der Waals surface area (Å²) < 4.78 is 13.0. The summed E-state index contributed by atoms with van der Waals surface area (Å²) in [6.07, 6.45) is 2.02. The van der Waals surface area contributed by atoms with Crippen LogP contribution in [0.4, 0.5) is 0 Å². The van der Waals surface area contributed by atoms with E-state index in [1.54, 1.807) is 31.2 Å². The van der Waals surface area contributed by atoms with Crippen molar-refractivity contribution in [1.29, 1.82) is 0 Å². The second kappa shape index (κ2) is 12.1. The van der Waals surface area contributed by atoms with E-state index >= 15 is 0 Å². The number of hydrogen-bond donors (Lipinski definition) is 2. The van der Waals surface area contributed by atoms with Gasteiger partial charge in [-0.3, -0.25) is 9.47 Å². The number of carbonyl (C=O) groups is 1. The molecule has 7 heteroatoms. The van der Waals surface area contributed by atoms with Crippen molar-refractivity contribution in [2.45, 2.75) is 19.8 Å². The van der Waals surface area contributed by atoms with Gasteiger partial charge in [0.25, 0.3) is 0 Å². The minimum absolute atomic E-state index is 0.107. The van der Waals surface area contributed by atoms with Crippen LogP contribution in [0.3, 0.4) is 0 Å². The highest BCUT2D eigenvalue weighted by Crippen LogP contribution is 2.32. The molecule has 7 nitrogen and oxygen atoms in total. The molecule has 0 bridgehead atoms. The molecule has 1 aliphatic heterocycles. The quantitative estimate of drug-likeness (QED) is 0.268. The van der Waals surface area contributed by atoms with E-state index in [1.165, 1.54) is 10.6 Å². The van der Waals surface area contributed by atoms with Crippen molar-refractivity contribution in [3.63, 3.8) is 0 Å². The van der Waals surface area contributed by atoms with E-state index in [0.29, 0.717) is 24.5 Å². The van der Waals surface area contributed by atoms with Gasteiger partial charge in [-0.2, -0.15) is 0 Å². The fourth-order valence-electron chi connectivity index (χ4n) is 5.14. The Bertz CT molecular complexity index is 1420. The Morgan fingerprint density at radius 1 is 0.949 bits per heavy atom. The maximum atomic E-state index is 13.0. The van der Waals surface area contributed by atoms with Gasteiger partial charge < -0.3 is 19.7 Å². The van der Waals surface area contributed by atoms with E-state index in [-0.39, 0.29) is 23.2 Å². The van der Waals surface area contributed by atoms with Crippen molar-refractivity contribution in [2.75, 3.05) is 32.8 Å². The highest BCUT2D eigenvalue weighted by molar-refractivity contribution is 5.93. The number of aryl methyl sites for hydroxylation is 1. The normalized spacial score (nSPS) is 15.7. The first-order valence-corrected chi connectivity index (χ1v) is 13.4. The van der Waals surface area contributed by atoms with Gasteiger partial charge in [0.15, 0.2) is 5.88 Å². The number of ether oxygens (including phenoxy) is 2. The fourth-order valence-corrected chi connectivity index (χ4v) is 5.14. The van der Waals surface area contributed by atoms with Crippen molar-refractivity contribution >= 4 is 5.97 Å². The van der Waals surface area contributed by atoms with Gasteiger partial charge in [0, 0.05) is 30.6 Å². The first kappa shape index (κ1) is 26.4. The van der Waals surface area contributed by atoms with E-state index in [1.807, 2.05) is 30.3 Å². The van der Waals surface area contributed by atoms with E-state index < -0.39 is 5.97 Å². The fraction of sp³-hybridized carbons (Fsp3) is 0.281. The summed E-state index contributed by atoms with van der Waals surface area (Å²) in [7, 11) is 0. The highest BCUT2D eigenvalue weighted by atomic mass is 16.5. The Morgan fingerprint density at radius 3 is 2.51 bits per heavy atom. The van der Waals surface area contributed by atoms with Crippen molar-refractivity contribution in [2.24, 2.45) is 5.92 Å². The maximum absolute atomic E-state index is 13.0. The number of esters is 1. The van der Waals surface area contributed by atoms with Gasteiger partial charge in [0.05, 0.1) is 17.9 Å². The lowest BCUT2D eigenvalue weighted by atomic mass is 9.99.